The highest BCUT2D eigenvalue weighted by atomic mass is 32.2. The topological polar surface area (TPSA) is 252 Å². The van der Waals surface area contributed by atoms with Gasteiger partial charge in [-0.15, -0.1) is 0 Å². The number of carbonyl (C=O) groups is 3. The molecule has 0 atom stereocenters. The minimum atomic E-state index is -0.623. The summed E-state index contributed by atoms with van der Waals surface area (Å²) in [7, 11) is 0. The normalized spacial score (nSPS) is 11.9. The third kappa shape index (κ3) is 16.8. The zero-order valence-corrected chi connectivity index (χ0v) is 47.7. The molecule has 0 spiro atoms. The van der Waals surface area contributed by atoms with E-state index in [4.69, 9.17) is 14.2 Å². The van der Waals surface area contributed by atoms with Crippen molar-refractivity contribution in [1.82, 2.24) is 15.0 Å². The Morgan fingerprint density at radius 2 is 0.540 bits per heavy atom. The largest absolute Gasteiger partial charge is 0.434 e. The van der Waals surface area contributed by atoms with Gasteiger partial charge in [-0.2, -0.15) is 15.0 Å². The molecule has 0 saturated heterocycles. The van der Waals surface area contributed by atoms with Gasteiger partial charge < -0.3 is 29.8 Å². The van der Waals surface area contributed by atoms with Gasteiger partial charge in [0.1, 0.15) is 17.2 Å². The molecule has 0 bridgehead atoms. The van der Waals surface area contributed by atoms with Crippen molar-refractivity contribution in [2.24, 2.45) is 30.4 Å². The van der Waals surface area contributed by atoms with Crippen molar-refractivity contribution in [1.29, 1.82) is 0 Å². The summed E-state index contributed by atoms with van der Waals surface area (Å²) in [6, 6.07) is 69.3. The predicted octanol–water partition coefficient (Wildman–Crippen LogP) is 14.7. The average Bonchev–Trinajstić information content (AvgIpc) is 3.75. The molecule has 0 fully saturated rings. The molecule has 10 rings (SSSR count). The van der Waals surface area contributed by atoms with Gasteiger partial charge in [0, 0.05) is 64.7 Å². The van der Waals surface area contributed by atoms with Crippen molar-refractivity contribution in [2.75, 3.05) is 0 Å². The molecule has 1 heterocycles. The Labute approximate surface area is 510 Å². The molecule has 0 unspecified atom stereocenters. The number of Topliss-reactive ketones (excluding diaryl/α,β-unsaturated/α-hetero) is 3. The third-order valence-electron chi connectivity index (χ3n) is 12.0. The van der Waals surface area contributed by atoms with E-state index in [-0.39, 0.29) is 51.8 Å². The fourth-order valence-electron chi connectivity index (χ4n) is 7.72. The van der Waals surface area contributed by atoms with Gasteiger partial charge in [0.15, 0.2) is 0 Å². The molecule has 0 amide bonds. The van der Waals surface area contributed by atoms with E-state index >= 15 is 0 Å². The van der Waals surface area contributed by atoms with Crippen LogP contribution in [0.4, 0.5) is 17.8 Å². The molecule has 0 radical (unpaired) electrons. The van der Waals surface area contributed by atoms with Crippen molar-refractivity contribution >= 4 is 107 Å². The molecule has 0 saturated carbocycles. The Morgan fingerprint density at radius 1 is 0.310 bits per heavy atom. The first-order valence-corrected chi connectivity index (χ1v) is 28.6. The highest BCUT2D eigenvalue weighted by Crippen LogP contribution is 2.31. The van der Waals surface area contributed by atoms with Crippen LogP contribution in [0.5, 0.6) is 17.2 Å². The van der Waals surface area contributed by atoms with Crippen LogP contribution in [0.3, 0.4) is 0 Å². The summed E-state index contributed by atoms with van der Waals surface area (Å²) in [4.78, 5) is 72.4. The highest BCUT2D eigenvalue weighted by Gasteiger charge is 2.21. The maximum absolute atomic E-state index is 13.3. The van der Waals surface area contributed by atoms with Crippen LogP contribution in [-0.2, 0) is 0 Å². The van der Waals surface area contributed by atoms with Crippen molar-refractivity contribution in [2.45, 2.75) is 29.4 Å². The second kappa shape index (κ2) is 29.4. The zero-order valence-electron chi connectivity index (χ0n) is 45.3. The van der Waals surface area contributed by atoms with E-state index in [0.717, 1.165) is 29.4 Å². The predicted molar refractivity (Wildman–Crippen MR) is 334 cm³/mol. The van der Waals surface area contributed by atoms with E-state index in [1.807, 2.05) is 91.0 Å². The number of aliphatic imine (C=N–C) groups is 3. The van der Waals surface area contributed by atoms with Gasteiger partial charge in [-0.3, -0.25) is 14.4 Å². The van der Waals surface area contributed by atoms with Gasteiger partial charge in [0.25, 0.3) is 35.2 Å². The van der Waals surface area contributed by atoms with E-state index in [1.165, 1.54) is 18.6 Å². The van der Waals surface area contributed by atoms with E-state index < -0.39 is 35.0 Å². The first-order valence-electron chi connectivity index (χ1n) is 26.1. The van der Waals surface area contributed by atoms with Gasteiger partial charge in [-0.05, 0) is 214 Å². The monoisotopic (exact) mass is 1200 g/mol. The molecule has 87 heavy (non-hydrogen) atoms. The number of hydrogen-bond donors (Lipinski definition) is 3. The summed E-state index contributed by atoms with van der Waals surface area (Å²) in [5.41, 5.74) is 2.51. The maximum atomic E-state index is 13.3. The Bertz CT molecular complexity index is 3750. The first kappa shape index (κ1) is 59.0. The molecule has 3 N–H and O–H groups in total. The quantitative estimate of drug-likeness (QED) is 0.0199. The SMILES string of the molecule is O=C(/C(=N\O)Oc1ccc(/C=N/c2nc(/N=C/c3ccc(O/C(=N/O)C(=O)c4ccc(Sc5ccccc5)cc4)cc3)nc(/N=C/c3ccc(O/C(=N/O)C(=O)c4ccc(Sc5ccccc5)cc4)cc3)n2)cc1)c1ccc(Sc2ccccc2)cc1. The number of hydrogen-bond acceptors (Lipinski definition) is 21. The lowest BCUT2D eigenvalue weighted by atomic mass is 10.1. The first-order chi connectivity index (χ1) is 42.6. The van der Waals surface area contributed by atoms with Gasteiger partial charge in [-0.1, -0.05) is 89.9 Å². The Morgan fingerprint density at radius 3 is 0.770 bits per heavy atom. The number of carbonyl (C=O) groups excluding carboxylic acids is 3. The van der Waals surface area contributed by atoms with E-state index in [1.54, 1.807) is 181 Å². The smallest absolute Gasteiger partial charge is 0.304 e. The van der Waals surface area contributed by atoms with Crippen LogP contribution in [0.15, 0.2) is 296 Å². The number of ether oxygens (including phenoxy) is 3. The fourth-order valence-corrected chi connectivity index (χ4v) is 10.2. The number of aromatic nitrogens is 3. The van der Waals surface area contributed by atoms with Crippen molar-refractivity contribution in [3.63, 3.8) is 0 Å². The molecule has 10 aromatic rings. The zero-order chi connectivity index (χ0) is 60.2. The number of nitrogens with zero attached hydrogens (tertiary/aromatic N) is 9. The molecule has 18 nitrogen and oxygen atoms in total. The van der Waals surface area contributed by atoms with E-state index in [2.05, 4.69) is 45.4 Å². The minimum Gasteiger partial charge on any atom is -0.434 e. The van der Waals surface area contributed by atoms with Crippen LogP contribution in [-0.4, -0.2) is 84.3 Å². The summed E-state index contributed by atoms with van der Waals surface area (Å²) in [5, 5.41) is 38.7. The second-order valence-corrected chi connectivity index (χ2v) is 21.5. The molecule has 21 heteroatoms. The molecular formula is C66H45N9O9S3. The standard InChI is InChI=1S/C66H45N9O9S3/c76-58(46-22-34-55(35-23-46)85-52-10-4-1-5-11-52)61(73-79)82-49-28-16-43(17-29-49)40-67-64-70-65(68-41-44-18-30-50(31-19-44)83-62(74-80)59(77)47-24-36-56(37-25-47)86-53-12-6-2-7-13-53)72-66(71-64)69-42-45-20-32-51(33-21-45)84-63(75-81)60(78)48-26-38-57(39-27-48)87-54-14-8-3-9-15-54/h1-42,79-81H/b67-40+,68-41+,69-42+,73-61+,74-62+,75-63+. The maximum Gasteiger partial charge on any atom is 0.304 e. The van der Waals surface area contributed by atoms with Gasteiger partial charge in [0.05, 0.1) is 0 Å². The Kier molecular flexibility index (Phi) is 20.0. The van der Waals surface area contributed by atoms with Crippen LogP contribution in [0.1, 0.15) is 47.8 Å². The Hall–Kier alpha value is -11.1. The van der Waals surface area contributed by atoms with Crippen LogP contribution in [0.25, 0.3) is 0 Å². The van der Waals surface area contributed by atoms with Crippen LogP contribution < -0.4 is 14.2 Å². The summed E-state index contributed by atoms with van der Waals surface area (Å²) < 4.78 is 17.1. The summed E-state index contributed by atoms with van der Waals surface area (Å²) in [6.45, 7) is 0. The molecule has 0 aliphatic carbocycles. The molecule has 1 aromatic heterocycles. The molecule has 0 aliphatic heterocycles. The van der Waals surface area contributed by atoms with Gasteiger partial charge >= 0.3 is 17.7 Å². The van der Waals surface area contributed by atoms with E-state index in [0.29, 0.717) is 16.7 Å². The van der Waals surface area contributed by atoms with Crippen molar-refractivity contribution in [3.05, 3.63) is 270 Å². The summed E-state index contributed by atoms with van der Waals surface area (Å²) in [6.07, 6.45) is 4.42. The van der Waals surface area contributed by atoms with Crippen LogP contribution >= 0.6 is 35.3 Å². The molecule has 0 aliphatic rings. The summed E-state index contributed by atoms with van der Waals surface area (Å²) >= 11 is 4.63. The van der Waals surface area contributed by atoms with Crippen LogP contribution in [0.2, 0.25) is 0 Å². The molecule has 9 aromatic carbocycles. The number of ketones is 3. The lowest BCUT2D eigenvalue weighted by molar-refractivity contribution is 0.103. The van der Waals surface area contributed by atoms with Crippen molar-refractivity contribution < 1.29 is 44.2 Å². The van der Waals surface area contributed by atoms with Gasteiger partial charge in [-0.25, -0.2) is 15.0 Å². The number of oxime groups is 3. The van der Waals surface area contributed by atoms with E-state index in [9.17, 15) is 30.0 Å². The van der Waals surface area contributed by atoms with Gasteiger partial charge in [0.2, 0.25) is 0 Å². The fraction of sp³-hybridized carbons (Fsp3) is 0. The molecule has 426 valence electrons. The molecular weight excluding hydrogens is 1160 g/mol. The number of rotatable bonds is 21. The second-order valence-electron chi connectivity index (χ2n) is 18.0. The minimum absolute atomic E-state index is 0.0687. The highest BCUT2D eigenvalue weighted by molar-refractivity contribution is 7.99. The average molecular weight is 1200 g/mol. The number of benzene rings is 9. The third-order valence-corrected chi connectivity index (χ3v) is 15.1. The Balaban J connectivity index is 0.816. The lowest BCUT2D eigenvalue weighted by Gasteiger charge is -2.08. The van der Waals surface area contributed by atoms with Crippen molar-refractivity contribution in [3.8, 4) is 17.2 Å². The van der Waals surface area contributed by atoms with Crippen LogP contribution in [0, 0.1) is 0 Å². The summed E-state index contributed by atoms with van der Waals surface area (Å²) in [5.74, 6) is -3.02. The lowest BCUT2D eigenvalue weighted by Crippen LogP contribution is -2.21.